The topological polar surface area (TPSA) is 23.5 Å². The molecule has 1 aliphatic heterocycles. The molecule has 1 aromatic carbocycles. The molecule has 0 unspecified atom stereocenters. The average Bonchev–Trinajstić information content (AvgIpc) is 2.90. The van der Waals surface area contributed by atoms with E-state index in [0.717, 1.165) is 19.5 Å². The van der Waals surface area contributed by atoms with Crippen LogP contribution in [0.3, 0.4) is 0 Å². The first-order chi connectivity index (χ1) is 8.84. The summed E-state index contributed by atoms with van der Waals surface area (Å²) >= 11 is 0. The van der Waals surface area contributed by atoms with Gasteiger partial charge in [0.2, 0.25) is 0 Å². The number of aliphatic hydroxyl groups excluding tert-OH is 1. The summed E-state index contributed by atoms with van der Waals surface area (Å²) in [5, 5.41) is 10.1. The fourth-order valence-electron chi connectivity index (χ4n) is 3.60. The largest absolute Gasteiger partial charge is 0.391 e. The minimum atomic E-state index is -0.0896. The lowest BCUT2D eigenvalue weighted by atomic mass is 9.91. The van der Waals surface area contributed by atoms with E-state index in [1.807, 2.05) is 0 Å². The predicted molar refractivity (Wildman–Crippen MR) is 73.6 cm³/mol. The fourth-order valence-corrected chi connectivity index (χ4v) is 3.60. The van der Waals surface area contributed by atoms with Crippen molar-refractivity contribution in [3.8, 4) is 0 Å². The SMILES string of the molecule is O[C@H]1CCCC[C@H]1N1CC[C@@H](c2ccccc2)C1. The van der Waals surface area contributed by atoms with Gasteiger partial charge in [-0.05, 0) is 37.3 Å². The third kappa shape index (κ3) is 2.45. The molecule has 0 radical (unpaired) electrons. The van der Waals surface area contributed by atoms with Gasteiger partial charge in [0.15, 0.2) is 0 Å². The van der Waals surface area contributed by atoms with Gasteiger partial charge in [-0.15, -0.1) is 0 Å². The molecule has 3 rings (SSSR count). The van der Waals surface area contributed by atoms with Crippen molar-refractivity contribution < 1.29 is 5.11 Å². The van der Waals surface area contributed by atoms with E-state index in [1.165, 1.54) is 31.2 Å². The molecule has 18 heavy (non-hydrogen) atoms. The molecular weight excluding hydrogens is 222 g/mol. The Hall–Kier alpha value is -0.860. The van der Waals surface area contributed by atoms with Crippen LogP contribution < -0.4 is 0 Å². The van der Waals surface area contributed by atoms with Crippen molar-refractivity contribution in [1.82, 2.24) is 4.90 Å². The highest BCUT2D eigenvalue weighted by Gasteiger charge is 2.33. The number of aliphatic hydroxyl groups is 1. The Morgan fingerprint density at radius 2 is 1.78 bits per heavy atom. The van der Waals surface area contributed by atoms with Crippen LogP contribution in [-0.4, -0.2) is 35.2 Å². The highest BCUT2D eigenvalue weighted by Crippen LogP contribution is 2.32. The molecule has 1 heterocycles. The zero-order valence-electron chi connectivity index (χ0n) is 11.0. The van der Waals surface area contributed by atoms with E-state index in [4.69, 9.17) is 0 Å². The molecule has 1 N–H and O–H groups in total. The van der Waals surface area contributed by atoms with Gasteiger partial charge >= 0.3 is 0 Å². The monoisotopic (exact) mass is 245 g/mol. The van der Waals surface area contributed by atoms with Gasteiger partial charge in [-0.2, -0.15) is 0 Å². The van der Waals surface area contributed by atoms with Gasteiger partial charge in [0, 0.05) is 12.6 Å². The van der Waals surface area contributed by atoms with E-state index in [9.17, 15) is 5.11 Å². The summed E-state index contributed by atoms with van der Waals surface area (Å²) in [6, 6.07) is 11.3. The summed E-state index contributed by atoms with van der Waals surface area (Å²) in [6.45, 7) is 2.28. The van der Waals surface area contributed by atoms with E-state index in [2.05, 4.69) is 35.2 Å². The third-order valence-corrected chi connectivity index (χ3v) is 4.65. The van der Waals surface area contributed by atoms with Gasteiger partial charge < -0.3 is 5.11 Å². The van der Waals surface area contributed by atoms with Gasteiger partial charge in [-0.25, -0.2) is 0 Å². The molecule has 1 aliphatic carbocycles. The normalized spacial score (nSPS) is 33.7. The lowest BCUT2D eigenvalue weighted by molar-refractivity contribution is 0.0305. The number of hydrogen-bond donors (Lipinski definition) is 1. The summed E-state index contributed by atoms with van der Waals surface area (Å²) in [5.41, 5.74) is 1.46. The predicted octanol–water partition coefficient (Wildman–Crippen LogP) is 2.78. The molecular formula is C16H23NO. The first-order valence-corrected chi connectivity index (χ1v) is 7.31. The molecule has 0 aromatic heterocycles. The molecule has 3 atom stereocenters. The zero-order chi connectivity index (χ0) is 12.4. The maximum atomic E-state index is 10.1. The minimum Gasteiger partial charge on any atom is -0.391 e. The van der Waals surface area contributed by atoms with Gasteiger partial charge in [0.25, 0.3) is 0 Å². The van der Waals surface area contributed by atoms with Crippen molar-refractivity contribution in [2.24, 2.45) is 0 Å². The van der Waals surface area contributed by atoms with Gasteiger partial charge in [-0.3, -0.25) is 4.90 Å². The molecule has 2 aliphatic rings. The standard InChI is InChI=1S/C16H23NO/c18-16-9-5-4-8-15(16)17-11-10-14(12-17)13-6-2-1-3-7-13/h1-3,6-7,14-16,18H,4-5,8-12H2/t14-,15-,16+/m1/s1. The van der Waals surface area contributed by atoms with Crippen LogP contribution in [0.25, 0.3) is 0 Å². The van der Waals surface area contributed by atoms with Crippen LogP contribution in [0.5, 0.6) is 0 Å². The highest BCUT2D eigenvalue weighted by atomic mass is 16.3. The maximum absolute atomic E-state index is 10.1. The Balaban J connectivity index is 1.64. The fraction of sp³-hybridized carbons (Fsp3) is 0.625. The Morgan fingerprint density at radius 1 is 1.00 bits per heavy atom. The summed E-state index contributed by atoms with van der Waals surface area (Å²) in [7, 11) is 0. The van der Waals surface area contributed by atoms with Gasteiger partial charge in [0.1, 0.15) is 0 Å². The van der Waals surface area contributed by atoms with Crippen molar-refractivity contribution >= 4 is 0 Å². The minimum absolute atomic E-state index is 0.0896. The molecule has 2 fully saturated rings. The number of nitrogens with zero attached hydrogens (tertiary/aromatic N) is 1. The Labute approximate surface area is 110 Å². The molecule has 1 saturated carbocycles. The van der Waals surface area contributed by atoms with Crippen LogP contribution in [0.2, 0.25) is 0 Å². The van der Waals surface area contributed by atoms with Crippen molar-refractivity contribution in [3.63, 3.8) is 0 Å². The Bertz CT molecular complexity index is 378. The first kappa shape index (κ1) is 12.2. The molecule has 0 bridgehead atoms. The van der Waals surface area contributed by atoms with Gasteiger partial charge in [-0.1, -0.05) is 43.2 Å². The van der Waals surface area contributed by atoms with Crippen LogP contribution >= 0.6 is 0 Å². The molecule has 0 amide bonds. The summed E-state index contributed by atoms with van der Waals surface area (Å²) in [5.74, 6) is 0.667. The Morgan fingerprint density at radius 3 is 2.56 bits per heavy atom. The second kappa shape index (κ2) is 5.41. The Kier molecular flexibility index (Phi) is 3.67. The van der Waals surface area contributed by atoms with Crippen molar-refractivity contribution in [2.75, 3.05) is 13.1 Å². The van der Waals surface area contributed by atoms with E-state index in [-0.39, 0.29) is 6.10 Å². The third-order valence-electron chi connectivity index (χ3n) is 4.65. The van der Waals surface area contributed by atoms with Gasteiger partial charge in [0.05, 0.1) is 6.10 Å². The number of benzene rings is 1. The van der Waals surface area contributed by atoms with Crippen LogP contribution in [0.15, 0.2) is 30.3 Å². The summed E-state index contributed by atoms with van der Waals surface area (Å²) < 4.78 is 0. The second-order valence-electron chi connectivity index (χ2n) is 5.81. The van der Waals surface area contributed by atoms with E-state index in [1.54, 1.807) is 0 Å². The lowest BCUT2D eigenvalue weighted by Gasteiger charge is -2.35. The summed E-state index contributed by atoms with van der Waals surface area (Å²) in [4.78, 5) is 2.53. The maximum Gasteiger partial charge on any atom is 0.0695 e. The smallest absolute Gasteiger partial charge is 0.0695 e. The van der Waals surface area contributed by atoms with Crippen LogP contribution in [-0.2, 0) is 0 Å². The van der Waals surface area contributed by atoms with E-state index in [0.29, 0.717) is 12.0 Å². The van der Waals surface area contributed by atoms with Crippen LogP contribution in [0.4, 0.5) is 0 Å². The number of rotatable bonds is 2. The molecule has 2 nitrogen and oxygen atoms in total. The molecule has 1 saturated heterocycles. The first-order valence-electron chi connectivity index (χ1n) is 7.31. The lowest BCUT2D eigenvalue weighted by Crippen LogP contribution is -2.44. The van der Waals surface area contributed by atoms with Crippen molar-refractivity contribution in [3.05, 3.63) is 35.9 Å². The molecule has 1 aromatic rings. The second-order valence-corrected chi connectivity index (χ2v) is 5.81. The number of hydrogen-bond acceptors (Lipinski definition) is 2. The van der Waals surface area contributed by atoms with Crippen molar-refractivity contribution in [2.45, 2.75) is 50.2 Å². The molecule has 98 valence electrons. The van der Waals surface area contributed by atoms with E-state index < -0.39 is 0 Å². The molecule has 0 spiro atoms. The zero-order valence-corrected chi connectivity index (χ0v) is 11.0. The number of likely N-dealkylation sites (tertiary alicyclic amines) is 1. The van der Waals surface area contributed by atoms with E-state index >= 15 is 0 Å². The average molecular weight is 245 g/mol. The quantitative estimate of drug-likeness (QED) is 0.866. The summed E-state index contributed by atoms with van der Waals surface area (Å²) in [6.07, 6.45) is 5.82. The van der Waals surface area contributed by atoms with Crippen LogP contribution in [0.1, 0.15) is 43.6 Å². The van der Waals surface area contributed by atoms with Crippen LogP contribution in [0, 0.1) is 0 Å². The highest BCUT2D eigenvalue weighted by molar-refractivity contribution is 5.21. The molecule has 2 heteroatoms. The van der Waals surface area contributed by atoms with Crippen molar-refractivity contribution in [1.29, 1.82) is 0 Å².